The Morgan fingerprint density at radius 3 is 2.67 bits per heavy atom. The summed E-state index contributed by atoms with van der Waals surface area (Å²) < 4.78 is 4.83. The van der Waals surface area contributed by atoms with Crippen LogP contribution >= 0.6 is 0 Å². The molecule has 1 amide bonds. The molecule has 0 aromatic carbocycles. The Morgan fingerprint density at radius 1 is 1.67 bits per heavy atom. The van der Waals surface area contributed by atoms with E-state index in [0.29, 0.717) is 0 Å². The third-order valence-electron chi connectivity index (χ3n) is 2.00. The zero-order valence-corrected chi connectivity index (χ0v) is 4.91. The first-order valence-corrected chi connectivity index (χ1v) is 3.03. The monoisotopic (exact) mass is 128 g/mol. The van der Waals surface area contributed by atoms with Crippen LogP contribution in [0.4, 0.5) is 4.79 Å². The summed E-state index contributed by atoms with van der Waals surface area (Å²) in [6.45, 7) is 0. The van der Waals surface area contributed by atoms with E-state index in [-0.39, 0.29) is 18.2 Å². The van der Waals surface area contributed by atoms with Crippen LogP contribution in [-0.2, 0) is 4.74 Å². The van der Waals surface area contributed by atoms with E-state index < -0.39 is 0 Å². The van der Waals surface area contributed by atoms with Crippen molar-refractivity contribution in [3.05, 3.63) is 0 Å². The molecule has 4 nitrogen and oxygen atoms in total. The highest BCUT2D eigenvalue weighted by molar-refractivity contribution is 5.70. The fourth-order valence-electron chi connectivity index (χ4n) is 1.23. The first-order chi connectivity index (χ1) is 4.29. The van der Waals surface area contributed by atoms with Crippen molar-refractivity contribution in [2.24, 2.45) is 5.84 Å². The minimum atomic E-state index is -0.373. The Hall–Kier alpha value is -0.770. The second-order valence-electron chi connectivity index (χ2n) is 2.47. The van der Waals surface area contributed by atoms with Crippen LogP contribution in [0.2, 0.25) is 0 Å². The van der Waals surface area contributed by atoms with Crippen LogP contribution in [0.15, 0.2) is 0 Å². The summed E-state index contributed by atoms with van der Waals surface area (Å²) in [5, 5.41) is 1.19. The van der Waals surface area contributed by atoms with Gasteiger partial charge in [0.15, 0.2) is 0 Å². The van der Waals surface area contributed by atoms with Gasteiger partial charge in [0.05, 0.1) is 6.04 Å². The number of hydrogen-bond acceptors (Lipinski definition) is 3. The van der Waals surface area contributed by atoms with Crippen molar-refractivity contribution >= 4 is 6.09 Å². The van der Waals surface area contributed by atoms with Gasteiger partial charge >= 0.3 is 6.09 Å². The topological polar surface area (TPSA) is 55.6 Å². The number of rotatable bonds is 0. The van der Waals surface area contributed by atoms with Gasteiger partial charge in [0, 0.05) is 0 Å². The third kappa shape index (κ3) is 0.483. The number of carbonyl (C=O) groups excluding carboxylic acids is 1. The van der Waals surface area contributed by atoms with Gasteiger partial charge in [-0.1, -0.05) is 0 Å². The van der Waals surface area contributed by atoms with Gasteiger partial charge in [0.2, 0.25) is 0 Å². The number of fused-ring (bicyclic) bond motifs is 1. The molecule has 1 heterocycles. The summed E-state index contributed by atoms with van der Waals surface area (Å²) >= 11 is 0. The van der Waals surface area contributed by atoms with Gasteiger partial charge in [-0.3, -0.25) is 0 Å². The largest absolute Gasteiger partial charge is 0.443 e. The van der Waals surface area contributed by atoms with Crippen molar-refractivity contribution < 1.29 is 9.53 Å². The number of nitrogens with zero attached hydrogens (tertiary/aromatic N) is 1. The molecule has 0 radical (unpaired) electrons. The molecule has 0 bridgehead atoms. The maximum atomic E-state index is 10.6. The molecule has 4 heteroatoms. The second kappa shape index (κ2) is 1.39. The number of hydrazine groups is 1. The average Bonchev–Trinajstić information content (AvgIpc) is 1.92. The first-order valence-electron chi connectivity index (χ1n) is 3.03. The first kappa shape index (κ1) is 5.05. The lowest BCUT2D eigenvalue weighted by Crippen LogP contribution is -2.47. The third-order valence-corrected chi connectivity index (χ3v) is 2.00. The van der Waals surface area contributed by atoms with Gasteiger partial charge in [-0.2, -0.15) is 0 Å². The zero-order valence-electron chi connectivity index (χ0n) is 4.91. The predicted octanol–water partition coefficient (Wildman–Crippen LogP) is -0.157. The lowest BCUT2D eigenvalue weighted by molar-refractivity contribution is 0.0844. The summed E-state index contributed by atoms with van der Waals surface area (Å²) in [5.41, 5.74) is 0. The molecule has 9 heavy (non-hydrogen) atoms. The van der Waals surface area contributed by atoms with Gasteiger partial charge in [-0.15, -0.1) is 0 Å². The molecule has 1 aliphatic carbocycles. The van der Waals surface area contributed by atoms with E-state index in [1.54, 1.807) is 0 Å². The molecule has 50 valence electrons. The fourth-order valence-corrected chi connectivity index (χ4v) is 1.23. The summed E-state index contributed by atoms with van der Waals surface area (Å²) in [6.07, 6.45) is 1.70. The van der Waals surface area contributed by atoms with Crippen molar-refractivity contribution in [1.82, 2.24) is 5.01 Å². The van der Waals surface area contributed by atoms with E-state index in [0.717, 1.165) is 12.8 Å². The molecule has 0 spiro atoms. The van der Waals surface area contributed by atoms with Crippen LogP contribution < -0.4 is 5.84 Å². The van der Waals surface area contributed by atoms with E-state index in [1.807, 2.05) is 0 Å². The lowest BCUT2D eigenvalue weighted by Gasteiger charge is -2.28. The average molecular weight is 128 g/mol. The SMILES string of the molecule is NN1C(=O)O[C@H]2CC[C@H]21. The van der Waals surface area contributed by atoms with E-state index in [2.05, 4.69) is 0 Å². The van der Waals surface area contributed by atoms with Crippen LogP contribution in [0.5, 0.6) is 0 Å². The highest BCUT2D eigenvalue weighted by Crippen LogP contribution is 2.32. The molecule has 2 rings (SSSR count). The standard InChI is InChI=1S/C5H8N2O2/c6-7-3-1-2-4(3)9-5(7)8/h3-4H,1-2,6H2/t3-,4+/m1/s1. The molecule has 2 aliphatic rings. The number of amides is 1. The molecular weight excluding hydrogens is 120 g/mol. The van der Waals surface area contributed by atoms with Crippen molar-refractivity contribution in [2.75, 3.05) is 0 Å². The number of nitrogens with two attached hydrogens (primary N) is 1. The summed E-state index contributed by atoms with van der Waals surface area (Å²) in [4.78, 5) is 10.6. The van der Waals surface area contributed by atoms with Crippen molar-refractivity contribution in [1.29, 1.82) is 0 Å². The van der Waals surface area contributed by atoms with Crippen LogP contribution in [0.25, 0.3) is 0 Å². The molecule has 1 saturated heterocycles. The molecule has 2 N–H and O–H groups in total. The van der Waals surface area contributed by atoms with Gasteiger partial charge in [-0.05, 0) is 12.8 Å². The summed E-state index contributed by atoms with van der Waals surface area (Å²) in [6, 6.07) is 0.178. The molecule has 2 atom stereocenters. The molecule has 0 aromatic rings. The minimum Gasteiger partial charge on any atom is -0.443 e. The van der Waals surface area contributed by atoms with Crippen molar-refractivity contribution in [2.45, 2.75) is 25.0 Å². The Balaban J connectivity index is 2.16. The van der Waals surface area contributed by atoms with E-state index in [4.69, 9.17) is 10.6 Å². The van der Waals surface area contributed by atoms with Crippen LogP contribution in [0.3, 0.4) is 0 Å². The Bertz CT molecular complexity index is 159. The number of carbonyl (C=O) groups is 1. The summed E-state index contributed by atoms with van der Waals surface area (Å²) in [7, 11) is 0. The number of hydrogen-bond donors (Lipinski definition) is 1. The molecule has 0 unspecified atom stereocenters. The van der Waals surface area contributed by atoms with Crippen LogP contribution in [0, 0.1) is 0 Å². The van der Waals surface area contributed by atoms with Gasteiger partial charge in [-0.25, -0.2) is 15.6 Å². The van der Waals surface area contributed by atoms with Gasteiger partial charge < -0.3 is 4.74 Å². The Morgan fingerprint density at radius 2 is 2.44 bits per heavy atom. The van der Waals surface area contributed by atoms with Gasteiger partial charge in [0.1, 0.15) is 6.10 Å². The maximum absolute atomic E-state index is 10.6. The molecular formula is C5H8N2O2. The Labute approximate surface area is 52.5 Å². The van der Waals surface area contributed by atoms with E-state index in [9.17, 15) is 4.79 Å². The lowest BCUT2D eigenvalue weighted by atomic mass is 9.90. The predicted molar refractivity (Wildman–Crippen MR) is 29.3 cm³/mol. The highest BCUT2D eigenvalue weighted by Gasteiger charge is 2.46. The fraction of sp³-hybridized carbons (Fsp3) is 0.800. The highest BCUT2D eigenvalue weighted by atomic mass is 16.6. The zero-order chi connectivity index (χ0) is 6.43. The van der Waals surface area contributed by atoms with Gasteiger partial charge in [0.25, 0.3) is 0 Å². The normalized spacial score (nSPS) is 39.7. The molecule has 0 aromatic heterocycles. The molecule has 1 saturated carbocycles. The van der Waals surface area contributed by atoms with Crippen LogP contribution in [0.1, 0.15) is 12.8 Å². The second-order valence-corrected chi connectivity index (χ2v) is 2.47. The van der Waals surface area contributed by atoms with E-state index in [1.165, 1.54) is 5.01 Å². The number of ether oxygens (including phenoxy) is 1. The van der Waals surface area contributed by atoms with Crippen molar-refractivity contribution in [3.8, 4) is 0 Å². The van der Waals surface area contributed by atoms with Crippen LogP contribution in [-0.4, -0.2) is 23.2 Å². The van der Waals surface area contributed by atoms with Crippen molar-refractivity contribution in [3.63, 3.8) is 0 Å². The van der Waals surface area contributed by atoms with E-state index >= 15 is 0 Å². The smallest absolute Gasteiger partial charge is 0.424 e. The molecule has 2 fully saturated rings. The summed E-state index contributed by atoms with van der Waals surface area (Å²) in [5.74, 6) is 5.32. The minimum absolute atomic E-state index is 0.0995. The molecule has 1 aliphatic heterocycles. The quantitative estimate of drug-likeness (QED) is 0.364. The Kier molecular flexibility index (Phi) is 0.778. The maximum Gasteiger partial charge on any atom is 0.424 e.